The van der Waals surface area contributed by atoms with Gasteiger partial charge in [0.05, 0.1) is 0 Å². The van der Waals surface area contributed by atoms with E-state index >= 15 is 0 Å². The van der Waals surface area contributed by atoms with Crippen LogP contribution in [0.1, 0.15) is 36.6 Å². The Morgan fingerprint density at radius 2 is 2.03 bits per heavy atom. The summed E-state index contributed by atoms with van der Waals surface area (Å²) in [6, 6.07) is 7.96. The Kier molecular flexibility index (Phi) is 6.30. The van der Waals surface area contributed by atoms with Gasteiger partial charge in [-0.2, -0.15) is 9.94 Å². The lowest BCUT2D eigenvalue weighted by Crippen LogP contribution is -2.14. The molecule has 0 bridgehead atoms. The minimum absolute atomic E-state index is 0.0470. The molecular formula is C22H24FN7O. The average Bonchev–Trinajstić information content (AvgIpc) is 3.25. The zero-order valence-electron chi connectivity index (χ0n) is 18.1. The summed E-state index contributed by atoms with van der Waals surface area (Å²) >= 11 is 0. The molecule has 0 aliphatic rings. The minimum atomic E-state index is -0.581. The van der Waals surface area contributed by atoms with Crippen molar-refractivity contribution in [2.75, 3.05) is 5.32 Å². The van der Waals surface area contributed by atoms with Gasteiger partial charge in [-0.3, -0.25) is 4.79 Å². The van der Waals surface area contributed by atoms with Crippen molar-refractivity contribution in [3.63, 3.8) is 0 Å². The number of carbonyl (C=O) groups excluding carboxylic acids is 1. The van der Waals surface area contributed by atoms with Crippen LogP contribution in [0.25, 0.3) is 11.8 Å². The molecule has 0 saturated carbocycles. The van der Waals surface area contributed by atoms with Crippen molar-refractivity contribution in [3.8, 4) is 11.8 Å². The Hall–Kier alpha value is -3.80. The number of rotatable bonds is 6. The molecule has 1 N–H and O–H groups in total. The normalized spacial score (nSPS) is 11.6. The lowest BCUT2D eigenvalue weighted by Gasteiger charge is -2.12. The highest BCUT2D eigenvalue weighted by molar-refractivity contribution is 6.09. The van der Waals surface area contributed by atoms with Gasteiger partial charge < -0.3 is 9.88 Å². The fourth-order valence-corrected chi connectivity index (χ4v) is 3.33. The lowest BCUT2D eigenvalue weighted by molar-refractivity contribution is -0.112. The van der Waals surface area contributed by atoms with Gasteiger partial charge in [0.25, 0.3) is 5.91 Å². The molecule has 160 valence electrons. The van der Waals surface area contributed by atoms with Gasteiger partial charge in [0, 0.05) is 23.6 Å². The third-order valence-corrected chi connectivity index (χ3v) is 4.88. The van der Waals surface area contributed by atoms with Crippen LogP contribution in [-0.4, -0.2) is 30.7 Å². The van der Waals surface area contributed by atoms with Crippen molar-refractivity contribution in [2.45, 2.75) is 41.2 Å². The van der Waals surface area contributed by atoms with E-state index in [9.17, 15) is 14.4 Å². The Morgan fingerprint density at radius 3 is 2.65 bits per heavy atom. The SMILES string of the molecule is Cc1nnnn1-c1cc(NC(=O)/C(C#N)=C/c2cc(C)n(CC(C)C)c2C)ccc1F. The Bertz CT molecular complexity index is 1200. The topological polar surface area (TPSA) is 101 Å². The number of carbonyl (C=O) groups is 1. The first-order chi connectivity index (χ1) is 14.7. The van der Waals surface area contributed by atoms with Crippen molar-refractivity contribution in [2.24, 2.45) is 5.92 Å². The number of nitrogens with one attached hydrogen (secondary N) is 1. The van der Waals surface area contributed by atoms with Crippen LogP contribution in [0.2, 0.25) is 0 Å². The van der Waals surface area contributed by atoms with Crippen molar-refractivity contribution >= 4 is 17.7 Å². The molecule has 8 nitrogen and oxygen atoms in total. The first kappa shape index (κ1) is 21.9. The molecule has 9 heteroatoms. The summed E-state index contributed by atoms with van der Waals surface area (Å²) in [6.07, 6.45) is 1.57. The number of aromatic nitrogens is 5. The van der Waals surface area contributed by atoms with Crippen LogP contribution in [0.5, 0.6) is 0 Å². The molecule has 0 spiro atoms. The third-order valence-electron chi connectivity index (χ3n) is 4.88. The van der Waals surface area contributed by atoms with E-state index in [4.69, 9.17) is 0 Å². The van der Waals surface area contributed by atoms with E-state index in [0.717, 1.165) is 23.5 Å². The molecule has 0 unspecified atom stereocenters. The van der Waals surface area contributed by atoms with Gasteiger partial charge in [0.15, 0.2) is 5.82 Å². The second-order valence-electron chi connectivity index (χ2n) is 7.76. The molecule has 3 aromatic rings. The van der Waals surface area contributed by atoms with Crippen LogP contribution in [0.15, 0.2) is 29.8 Å². The number of tetrazole rings is 1. The highest BCUT2D eigenvalue weighted by atomic mass is 19.1. The van der Waals surface area contributed by atoms with Gasteiger partial charge >= 0.3 is 0 Å². The van der Waals surface area contributed by atoms with E-state index in [1.54, 1.807) is 13.0 Å². The maximum Gasteiger partial charge on any atom is 0.266 e. The molecule has 0 fully saturated rings. The number of hydrogen-bond acceptors (Lipinski definition) is 5. The summed E-state index contributed by atoms with van der Waals surface area (Å²) in [5.41, 5.74) is 3.24. The van der Waals surface area contributed by atoms with E-state index in [0.29, 0.717) is 17.4 Å². The lowest BCUT2D eigenvalue weighted by atomic mass is 10.1. The highest BCUT2D eigenvalue weighted by Gasteiger charge is 2.16. The quantitative estimate of drug-likeness (QED) is 0.483. The number of amides is 1. The molecule has 0 saturated heterocycles. The first-order valence-corrected chi connectivity index (χ1v) is 9.86. The van der Waals surface area contributed by atoms with Crippen LogP contribution >= 0.6 is 0 Å². The van der Waals surface area contributed by atoms with Crippen molar-refractivity contribution < 1.29 is 9.18 Å². The molecule has 3 rings (SSSR count). The average molecular weight is 421 g/mol. The molecule has 2 aromatic heterocycles. The fourth-order valence-electron chi connectivity index (χ4n) is 3.33. The number of nitrogens with zero attached hydrogens (tertiary/aromatic N) is 6. The summed E-state index contributed by atoms with van der Waals surface area (Å²) in [7, 11) is 0. The van der Waals surface area contributed by atoms with Crippen molar-refractivity contribution in [1.29, 1.82) is 5.26 Å². The summed E-state index contributed by atoms with van der Waals surface area (Å²) in [6.45, 7) is 10.7. The Morgan fingerprint density at radius 1 is 1.29 bits per heavy atom. The molecular weight excluding hydrogens is 397 g/mol. The maximum absolute atomic E-state index is 14.2. The first-order valence-electron chi connectivity index (χ1n) is 9.86. The number of aryl methyl sites for hydroxylation is 2. The molecule has 2 heterocycles. The third kappa shape index (κ3) is 4.69. The predicted octanol–water partition coefficient (Wildman–Crippen LogP) is 3.73. The zero-order chi connectivity index (χ0) is 22.7. The Labute approximate surface area is 180 Å². The van der Waals surface area contributed by atoms with Crippen LogP contribution in [0.4, 0.5) is 10.1 Å². The number of hydrogen-bond donors (Lipinski definition) is 1. The number of anilines is 1. The molecule has 0 aliphatic heterocycles. The van der Waals surface area contributed by atoms with Crippen molar-refractivity contribution in [1.82, 2.24) is 24.8 Å². The Balaban J connectivity index is 1.88. The van der Waals surface area contributed by atoms with E-state index in [-0.39, 0.29) is 11.3 Å². The monoisotopic (exact) mass is 421 g/mol. The zero-order valence-corrected chi connectivity index (χ0v) is 18.1. The van der Waals surface area contributed by atoms with Gasteiger partial charge in [-0.25, -0.2) is 4.39 Å². The predicted molar refractivity (Wildman–Crippen MR) is 115 cm³/mol. The summed E-state index contributed by atoms with van der Waals surface area (Å²) < 4.78 is 17.6. The van der Waals surface area contributed by atoms with Gasteiger partial charge in [-0.1, -0.05) is 13.8 Å². The number of nitriles is 1. The molecule has 1 aromatic carbocycles. The van der Waals surface area contributed by atoms with Gasteiger partial charge in [0.2, 0.25) is 0 Å². The molecule has 1 amide bonds. The standard InChI is InChI=1S/C22H24FN7O/c1-13(2)12-29-14(3)8-17(15(29)4)9-18(11-24)22(31)25-19-6-7-20(23)21(10-19)30-16(5)26-27-28-30/h6-10,13H,12H2,1-5H3,(H,25,31)/b18-9+. The molecule has 0 aliphatic carbocycles. The van der Waals surface area contributed by atoms with E-state index in [2.05, 4.69) is 39.3 Å². The highest BCUT2D eigenvalue weighted by Crippen LogP contribution is 2.22. The minimum Gasteiger partial charge on any atom is -0.348 e. The second kappa shape index (κ2) is 8.92. The van der Waals surface area contributed by atoms with Crippen LogP contribution in [-0.2, 0) is 11.3 Å². The molecule has 0 atom stereocenters. The van der Waals surface area contributed by atoms with Crippen LogP contribution in [0.3, 0.4) is 0 Å². The molecule has 0 radical (unpaired) electrons. The van der Waals surface area contributed by atoms with Crippen LogP contribution in [0, 0.1) is 43.8 Å². The van der Waals surface area contributed by atoms with E-state index < -0.39 is 11.7 Å². The summed E-state index contributed by atoms with van der Waals surface area (Å²) in [5, 5.41) is 23.2. The van der Waals surface area contributed by atoms with Gasteiger partial charge in [-0.15, -0.1) is 5.10 Å². The summed E-state index contributed by atoms with van der Waals surface area (Å²) in [5.74, 6) is -0.252. The largest absolute Gasteiger partial charge is 0.348 e. The smallest absolute Gasteiger partial charge is 0.266 e. The van der Waals surface area contributed by atoms with E-state index in [1.807, 2.05) is 26.0 Å². The number of halogens is 1. The fraction of sp³-hybridized carbons (Fsp3) is 0.318. The molecule has 31 heavy (non-hydrogen) atoms. The van der Waals surface area contributed by atoms with Gasteiger partial charge in [0.1, 0.15) is 23.1 Å². The maximum atomic E-state index is 14.2. The van der Waals surface area contributed by atoms with Gasteiger partial charge in [-0.05, 0) is 73.0 Å². The second-order valence-corrected chi connectivity index (χ2v) is 7.76. The number of benzene rings is 1. The van der Waals surface area contributed by atoms with Crippen molar-refractivity contribution in [3.05, 3.63) is 58.4 Å². The van der Waals surface area contributed by atoms with E-state index in [1.165, 1.54) is 22.9 Å². The van der Waals surface area contributed by atoms with Crippen LogP contribution < -0.4 is 5.32 Å². The summed E-state index contributed by atoms with van der Waals surface area (Å²) in [4.78, 5) is 12.7.